The second-order valence-corrected chi connectivity index (χ2v) is 4.04. The van der Waals surface area contributed by atoms with Crippen LogP contribution in [0.2, 0.25) is 0 Å². The first kappa shape index (κ1) is 13.0. The summed E-state index contributed by atoms with van der Waals surface area (Å²) in [6.07, 6.45) is 0.989. The Labute approximate surface area is 111 Å². The molecule has 0 fully saturated rings. The molecule has 1 atom stereocenters. The fourth-order valence-electron chi connectivity index (χ4n) is 1.59. The molecule has 0 aliphatic heterocycles. The summed E-state index contributed by atoms with van der Waals surface area (Å²) in [6.45, 7) is 1.71. The Morgan fingerprint density at radius 3 is 2.05 bits per heavy atom. The van der Waals surface area contributed by atoms with Crippen molar-refractivity contribution in [3.63, 3.8) is 0 Å². The second kappa shape index (κ2) is 5.96. The zero-order chi connectivity index (χ0) is 13.7. The molecule has 4 nitrogen and oxygen atoms in total. The number of ether oxygens (including phenoxy) is 1. The molecule has 0 saturated carbocycles. The Kier molecular flexibility index (Phi) is 4.08. The lowest BCUT2D eigenvalue weighted by Gasteiger charge is -2.08. The summed E-state index contributed by atoms with van der Waals surface area (Å²) < 4.78 is 5.62. The van der Waals surface area contributed by atoms with Crippen molar-refractivity contribution in [1.29, 1.82) is 0 Å². The van der Waals surface area contributed by atoms with Crippen molar-refractivity contribution in [3.05, 3.63) is 54.1 Å². The third-order valence-corrected chi connectivity index (χ3v) is 2.61. The fraction of sp³-hybridized carbons (Fsp3) is 0.133. The maximum Gasteiger partial charge on any atom is 0.240 e. The standard InChI is InChI=1S/C15H13NO3/c1-11(18)12-2-6-14(7-3-12)19-15-8-4-13(5-9-15)16-10-17/h2-9,11,18H,1H3. The van der Waals surface area contributed by atoms with Crippen molar-refractivity contribution in [2.24, 2.45) is 4.99 Å². The molecule has 1 N–H and O–H groups in total. The first-order valence-electron chi connectivity index (χ1n) is 5.83. The van der Waals surface area contributed by atoms with Crippen molar-refractivity contribution < 1.29 is 14.6 Å². The molecular weight excluding hydrogens is 242 g/mol. The van der Waals surface area contributed by atoms with Gasteiger partial charge in [-0.2, -0.15) is 4.99 Å². The monoisotopic (exact) mass is 255 g/mol. The summed E-state index contributed by atoms with van der Waals surface area (Å²) in [5, 5.41) is 9.40. The third-order valence-electron chi connectivity index (χ3n) is 2.61. The second-order valence-electron chi connectivity index (χ2n) is 4.04. The predicted molar refractivity (Wildman–Crippen MR) is 71.4 cm³/mol. The number of isocyanates is 1. The highest BCUT2D eigenvalue weighted by molar-refractivity contribution is 5.50. The number of aliphatic hydroxyl groups excluding tert-OH is 1. The van der Waals surface area contributed by atoms with Crippen LogP contribution in [0, 0.1) is 0 Å². The lowest BCUT2D eigenvalue weighted by atomic mass is 10.1. The van der Waals surface area contributed by atoms with Crippen LogP contribution in [0.3, 0.4) is 0 Å². The lowest BCUT2D eigenvalue weighted by Crippen LogP contribution is -1.90. The Morgan fingerprint density at radius 1 is 1.05 bits per heavy atom. The molecule has 0 radical (unpaired) electrons. The minimum atomic E-state index is -0.491. The van der Waals surface area contributed by atoms with E-state index in [1.54, 1.807) is 43.3 Å². The molecule has 96 valence electrons. The van der Waals surface area contributed by atoms with E-state index >= 15 is 0 Å². The van der Waals surface area contributed by atoms with Crippen molar-refractivity contribution in [2.75, 3.05) is 0 Å². The summed E-state index contributed by atoms with van der Waals surface area (Å²) in [5.74, 6) is 1.32. The molecule has 0 bridgehead atoms. The zero-order valence-corrected chi connectivity index (χ0v) is 10.4. The molecule has 0 amide bonds. The SMILES string of the molecule is CC(O)c1ccc(Oc2ccc(N=C=O)cc2)cc1. The Bertz CT molecular complexity index is 582. The molecule has 0 aliphatic rings. The number of aliphatic hydroxyl groups is 1. The van der Waals surface area contributed by atoms with E-state index in [1.807, 2.05) is 12.1 Å². The van der Waals surface area contributed by atoms with Gasteiger partial charge in [0.15, 0.2) is 0 Å². The van der Waals surface area contributed by atoms with Gasteiger partial charge in [0.05, 0.1) is 11.8 Å². The number of carbonyl (C=O) groups excluding carboxylic acids is 1. The quantitative estimate of drug-likeness (QED) is 0.672. The first-order chi connectivity index (χ1) is 9.19. The Hall–Kier alpha value is -2.42. The minimum absolute atomic E-state index is 0.491. The topological polar surface area (TPSA) is 58.9 Å². The van der Waals surface area contributed by atoms with E-state index in [-0.39, 0.29) is 0 Å². The van der Waals surface area contributed by atoms with Gasteiger partial charge in [-0.3, -0.25) is 0 Å². The van der Waals surface area contributed by atoms with Crippen LogP contribution >= 0.6 is 0 Å². The summed E-state index contributed by atoms with van der Waals surface area (Å²) in [5.41, 5.74) is 1.37. The van der Waals surface area contributed by atoms with Gasteiger partial charge < -0.3 is 9.84 Å². The molecule has 2 aromatic carbocycles. The number of rotatable bonds is 4. The van der Waals surface area contributed by atoms with Crippen LogP contribution in [-0.4, -0.2) is 11.2 Å². The van der Waals surface area contributed by atoms with Crippen LogP contribution in [-0.2, 0) is 4.79 Å². The first-order valence-corrected chi connectivity index (χ1v) is 5.83. The smallest absolute Gasteiger partial charge is 0.240 e. The van der Waals surface area contributed by atoms with Gasteiger partial charge in [-0.05, 0) is 48.9 Å². The molecule has 4 heteroatoms. The van der Waals surface area contributed by atoms with Crippen LogP contribution in [0.1, 0.15) is 18.6 Å². The minimum Gasteiger partial charge on any atom is -0.457 e. The summed E-state index contributed by atoms with van der Waals surface area (Å²) in [4.78, 5) is 13.6. The number of aliphatic imine (C=N–C) groups is 1. The Balaban J connectivity index is 2.10. The number of hydrogen-bond acceptors (Lipinski definition) is 4. The highest BCUT2D eigenvalue weighted by atomic mass is 16.5. The fourth-order valence-corrected chi connectivity index (χ4v) is 1.59. The van der Waals surface area contributed by atoms with E-state index in [0.717, 1.165) is 5.56 Å². The lowest BCUT2D eigenvalue weighted by molar-refractivity contribution is 0.199. The molecule has 0 aromatic heterocycles. The van der Waals surface area contributed by atoms with Crippen LogP contribution in [0.5, 0.6) is 11.5 Å². The highest BCUT2D eigenvalue weighted by Crippen LogP contribution is 2.25. The van der Waals surface area contributed by atoms with Gasteiger partial charge in [-0.15, -0.1) is 0 Å². The molecule has 0 spiro atoms. The van der Waals surface area contributed by atoms with E-state index in [9.17, 15) is 9.90 Å². The van der Waals surface area contributed by atoms with E-state index < -0.39 is 6.10 Å². The van der Waals surface area contributed by atoms with Crippen molar-refractivity contribution in [2.45, 2.75) is 13.0 Å². The van der Waals surface area contributed by atoms with Gasteiger partial charge in [0.25, 0.3) is 0 Å². The van der Waals surface area contributed by atoms with Crippen LogP contribution < -0.4 is 4.74 Å². The normalized spacial score (nSPS) is 11.5. The van der Waals surface area contributed by atoms with Crippen LogP contribution in [0.25, 0.3) is 0 Å². The molecule has 0 heterocycles. The molecular formula is C15H13NO3. The number of hydrogen-bond donors (Lipinski definition) is 1. The highest BCUT2D eigenvalue weighted by Gasteiger charge is 2.01. The average Bonchev–Trinajstić information content (AvgIpc) is 2.42. The molecule has 2 aromatic rings. The van der Waals surface area contributed by atoms with E-state index in [1.165, 1.54) is 6.08 Å². The molecule has 0 aliphatic carbocycles. The van der Waals surface area contributed by atoms with Crippen molar-refractivity contribution >= 4 is 11.8 Å². The predicted octanol–water partition coefficient (Wildman–Crippen LogP) is 3.50. The van der Waals surface area contributed by atoms with E-state index in [2.05, 4.69) is 4.99 Å². The molecule has 19 heavy (non-hydrogen) atoms. The average molecular weight is 255 g/mol. The number of benzene rings is 2. The summed E-state index contributed by atoms with van der Waals surface area (Å²) in [7, 11) is 0. The van der Waals surface area contributed by atoms with Crippen LogP contribution in [0.15, 0.2) is 53.5 Å². The zero-order valence-electron chi connectivity index (χ0n) is 10.4. The van der Waals surface area contributed by atoms with Gasteiger partial charge in [0, 0.05) is 0 Å². The van der Waals surface area contributed by atoms with Crippen LogP contribution in [0.4, 0.5) is 5.69 Å². The largest absolute Gasteiger partial charge is 0.457 e. The molecule has 2 rings (SSSR count). The third kappa shape index (κ3) is 3.52. The van der Waals surface area contributed by atoms with Gasteiger partial charge in [0.1, 0.15) is 11.5 Å². The summed E-state index contributed by atoms with van der Waals surface area (Å²) >= 11 is 0. The molecule has 1 unspecified atom stereocenters. The van der Waals surface area contributed by atoms with E-state index in [4.69, 9.17) is 4.74 Å². The summed E-state index contributed by atoms with van der Waals surface area (Å²) in [6, 6.07) is 14.0. The van der Waals surface area contributed by atoms with Gasteiger partial charge in [0.2, 0.25) is 6.08 Å². The van der Waals surface area contributed by atoms with Gasteiger partial charge in [-0.25, -0.2) is 4.79 Å². The van der Waals surface area contributed by atoms with Crippen molar-refractivity contribution in [3.8, 4) is 11.5 Å². The van der Waals surface area contributed by atoms with Gasteiger partial charge >= 0.3 is 0 Å². The number of nitrogens with zero attached hydrogens (tertiary/aromatic N) is 1. The van der Waals surface area contributed by atoms with E-state index in [0.29, 0.717) is 17.2 Å². The van der Waals surface area contributed by atoms with Crippen molar-refractivity contribution in [1.82, 2.24) is 0 Å². The molecule has 0 saturated heterocycles. The Morgan fingerprint density at radius 2 is 1.58 bits per heavy atom. The maximum absolute atomic E-state index is 10.1. The maximum atomic E-state index is 10.1. The van der Waals surface area contributed by atoms with Gasteiger partial charge in [-0.1, -0.05) is 12.1 Å².